The summed E-state index contributed by atoms with van der Waals surface area (Å²) in [6.07, 6.45) is 5.10. The molecule has 0 atom stereocenters. The lowest BCUT2D eigenvalue weighted by Crippen LogP contribution is -2.31. The van der Waals surface area contributed by atoms with Gasteiger partial charge in [-0.05, 0) is 26.2 Å². The normalized spacial score (nSPS) is 18.5. The smallest absolute Gasteiger partial charge is 0.324 e. The van der Waals surface area contributed by atoms with Gasteiger partial charge in [0, 0.05) is 44.4 Å². The first-order valence-corrected chi connectivity index (χ1v) is 8.63. The molecule has 0 radical (unpaired) electrons. The van der Waals surface area contributed by atoms with Crippen LogP contribution >= 0.6 is 0 Å². The van der Waals surface area contributed by atoms with Crippen LogP contribution in [0.25, 0.3) is 0 Å². The van der Waals surface area contributed by atoms with E-state index in [1.54, 1.807) is 12.3 Å². The van der Waals surface area contributed by atoms with Crippen molar-refractivity contribution < 1.29 is 9.26 Å². The first-order chi connectivity index (χ1) is 11.8. The molecule has 3 heterocycles. The van der Waals surface area contributed by atoms with E-state index < -0.39 is 0 Å². The highest BCUT2D eigenvalue weighted by Gasteiger charge is 2.30. The average molecular weight is 330 g/mol. The van der Waals surface area contributed by atoms with E-state index >= 15 is 0 Å². The van der Waals surface area contributed by atoms with Gasteiger partial charge in [0.25, 0.3) is 0 Å². The average Bonchev–Trinajstić information content (AvgIpc) is 3.38. The van der Waals surface area contributed by atoms with Gasteiger partial charge in [0.05, 0.1) is 6.61 Å². The summed E-state index contributed by atoms with van der Waals surface area (Å²) in [5.74, 6) is 2.71. The molecule has 0 unspecified atom stereocenters. The van der Waals surface area contributed by atoms with Crippen molar-refractivity contribution >= 4 is 12.0 Å². The quantitative estimate of drug-likeness (QED) is 0.822. The monoisotopic (exact) mass is 330 g/mol. The van der Waals surface area contributed by atoms with E-state index in [4.69, 9.17) is 9.26 Å². The van der Waals surface area contributed by atoms with Gasteiger partial charge in [-0.3, -0.25) is 0 Å². The van der Waals surface area contributed by atoms with Gasteiger partial charge in [0.1, 0.15) is 0 Å². The fourth-order valence-corrected chi connectivity index (χ4v) is 2.88. The number of hydrogen-bond donors (Lipinski definition) is 0. The van der Waals surface area contributed by atoms with Crippen LogP contribution in [-0.2, 0) is 0 Å². The van der Waals surface area contributed by atoms with Crippen molar-refractivity contribution in [3.05, 3.63) is 18.1 Å². The summed E-state index contributed by atoms with van der Waals surface area (Å²) in [6.45, 7) is 5.98. The first kappa shape index (κ1) is 15.2. The summed E-state index contributed by atoms with van der Waals surface area (Å²) in [6, 6.07) is 2.43. The Morgan fingerprint density at radius 3 is 2.83 bits per heavy atom. The van der Waals surface area contributed by atoms with Crippen LogP contribution in [0.15, 0.2) is 16.8 Å². The van der Waals surface area contributed by atoms with Crippen molar-refractivity contribution in [1.82, 2.24) is 20.1 Å². The minimum atomic E-state index is 0.515. The van der Waals surface area contributed by atoms with Gasteiger partial charge in [-0.2, -0.15) is 9.97 Å². The Hall–Kier alpha value is -2.38. The number of anilines is 2. The summed E-state index contributed by atoms with van der Waals surface area (Å²) in [5, 5.41) is 4.11. The van der Waals surface area contributed by atoms with Crippen molar-refractivity contribution in [3.8, 4) is 5.88 Å². The second-order valence-electron chi connectivity index (χ2n) is 6.16. The van der Waals surface area contributed by atoms with Gasteiger partial charge in [0.2, 0.25) is 11.8 Å². The van der Waals surface area contributed by atoms with E-state index in [1.807, 2.05) is 6.92 Å². The molecule has 0 spiro atoms. The van der Waals surface area contributed by atoms with Crippen LogP contribution in [0, 0.1) is 0 Å². The molecule has 1 aliphatic heterocycles. The maximum Gasteiger partial charge on any atom is 0.324 e. The molecule has 1 saturated heterocycles. The highest BCUT2D eigenvalue weighted by molar-refractivity contribution is 5.35. The minimum Gasteiger partial charge on any atom is -0.478 e. The Balaban J connectivity index is 1.42. The summed E-state index contributed by atoms with van der Waals surface area (Å²) >= 11 is 0. The Kier molecular flexibility index (Phi) is 4.18. The van der Waals surface area contributed by atoms with Gasteiger partial charge in [0.15, 0.2) is 5.82 Å². The molecule has 128 valence electrons. The van der Waals surface area contributed by atoms with Gasteiger partial charge in [-0.1, -0.05) is 5.16 Å². The lowest BCUT2D eigenvalue weighted by atomic mass is 10.4. The number of ether oxygens (including phenoxy) is 1. The molecule has 0 amide bonds. The zero-order chi connectivity index (χ0) is 16.4. The Morgan fingerprint density at radius 2 is 2.00 bits per heavy atom. The molecule has 8 heteroatoms. The molecule has 2 aliphatic rings. The van der Waals surface area contributed by atoms with E-state index in [1.165, 1.54) is 12.8 Å². The van der Waals surface area contributed by atoms with E-state index in [0.29, 0.717) is 30.4 Å². The summed E-state index contributed by atoms with van der Waals surface area (Å²) < 4.78 is 10.9. The number of nitrogens with zero attached hydrogens (tertiary/aromatic N) is 6. The van der Waals surface area contributed by atoms with Gasteiger partial charge >= 0.3 is 6.01 Å². The van der Waals surface area contributed by atoms with Crippen molar-refractivity contribution in [3.63, 3.8) is 0 Å². The molecule has 8 nitrogen and oxygen atoms in total. The van der Waals surface area contributed by atoms with Crippen molar-refractivity contribution in [2.24, 2.45) is 0 Å². The first-order valence-electron chi connectivity index (χ1n) is 8.63. The van der Waals surface area contributed by atoms with Gasteiger partial charge < -0.3 is 19.1 Å². The van der Waals surface area contributed by atoms with Crippen LogP contribution in [0.3, 0.4) is 0 Å². The Bertz CT molecular complexity index is 687. The van der Waals surface area contributed by atoms with Gasteiger partial charge in [-0.25, -0.2) is 4.98 Å². The van der Waals surface area contributed by atoms with Crippen molar-refractivity contribution in [2.75, 3.05) is 42.6 Å². The fourth-order valence-electron chi connectivity index (χ4n) is 2.88. The topological polar surface area (TPSA) is 80.4 Å². The maximum atomic E-state index is 5.47. The maximum absolute atomic E-state index is 5.47. The molecule has 0 bridgehead atoms. The van der Waals surface area contributed by atoms with Crippen molar-refractivity contribution in [1.29, 1.82) is 0 Å². The Morgan fingerprint density at radius 1 is 1.17 bits per heavy atom. The summed E-state index contributed by atoms with van der Waals surface area (Å²) in [5.41, 5.74) is 0. The highest BCUT2D eigenvalue weighted by Crippen LogP contribution is 2.38. The molecule has 0 aromatic carbocycles. The molecule has 1 saturated carbocycles. The lowest BCUT2D eigenvalue weighted by molar-refractivity contribution is 0.326. The van der Waals surface area contributed by atoms with E-state index in [2.05, 4.69) is 29.9 Å². The third kappa shape index (κ3) is 3.27. The van der Waals surface area contributed by atoms with Crippen LogP contribution < -0.4 is 14.5 Å². The minimum absolute atomic E-state index is 0.515. The van der Waals surface area contributed by atoms with Crippen LogP contribution in [0.4, 0.5) is 12.0 Å². The second kappa shape index (κ2) is 6.62. The SMILES string of the molecule is CCOc1ccnc(N2CCCN(c3nc(C4CC4)no3)CC2)n1. The Labute approximate surface area is 140 Å². The zero-order valence-electron chi connectivity index (χ0n) is 13.9. The van der Waals surface area contributed by atoms with Crippen LogP contribution in [0.2, 0.25) is 0 Å². The largest absolute Gasteiger partial charge is 0.478 e. The van der Waals surface area contributed by atoms with Gasteiger partial charge in [-0.15, -0.1) is 0 Å². The zero-order valence-corrected chi connectivity index (χ0v) is 13.9. The van der Waals surface area contributed by atoms with Crippen LogP contribution in [0.1, 0.15) is 37.9 Å². The summed E-state index contributed by atoms with van der Waals surface area (Å²) in [4.78, 5) is 17.8. The number of hydrogen-bond acceptors (Lipinski definition) is 8. The molecular weight excluding hydrogens is 308 g/mol. The second-order valence-corrected chi connectivity index (χ2v) is 6.16. The molecule has 0 N–H and O–H groups in total. The third-order valence-electron chi connectivity index (χ3n) is 4.33. The third-order valence-corrected chi connectivity index (χ3v) is 4.33. The van der Waals surface area contributed by atoms with Crippen LogP contribution in [-0.4, -0.2) is 52.9 Å². The van der Waals surface area contributed by atoms with E-state index in [-0.39, 0.29) is 0 Å². The molecule has 2 aromatic rings. The molecular formula is C16H22N6O2. The molecule has 4 rings (SSSR count). The molecule has 2 aromatic heterocycles. The van der Waals surface area contributed by atoms with E-state index in [9.17, 15) is 0 Å². The summed E-state index contributed by atoms with van der Waals surface area (Å²) in [7, 11) is 0. The predicted octanol–water partition coefficient (Wildman–Crippen LogP) is 1.85. The highest BCUT2D eigenvalue weighted by atomic mass is 16.5. The number of aromatic nitrogens is 4. The molecule has 24 heavy (non-hydrogen) atoms. The lowest BCUT2D eigenvalue weighted by Gasteiger charge is -2.21. The van der Waals surface area contributed by atoms with E-state index in [0.717, 1.165) is 38.4 Å². The standard InChI is InChI=1S/C16H22N6O2/c1-2-23-13-6-7-17-15(18-13)21-8-3-9-22(11-10-21)16-19-14(20-24-16)12-4-5-12/h6-7,12H,2-5,8-11H2,1H3. The predicted molar refractivity (Wildman–Crippen MR) is 88.5 cm³/mol. The van der Waals surface area contributed by atoms with Crippen molar-refractivity contribution in [2.45, 2.75) is 32.1 Å². The number of rotatable bonds is 5. The fraction of sp³-hybridized carbons (Fsp3) is 0.625. The molecule has 1 aliphatic carbocycles. The van der Waals surface area contributed by atoms with Crippen LogP contribution in [0.5, 0.6) is 5.88 Å². The molecule has 2 fully saturated rings.